The molecule has 6 nitrogen and oxygen atoms in total. The van der Waals surface area contributed by atoms with Crippen LogP contribution in [0, 0.1) is 0 Å². The molecule has 0 aliphatic carbocycles. The zero-order valence-corrected chi connectivity index (χ0v) is 14.6. The maximum atomic E-state index is 12.2. The number of hydrogen-bond donors (Lipinski definition) is 0. The molecular weight excluding hydrogens is 375 g/mol. The van der Waals surface area contributed by atoms with Gasteiger partial charge in [0.05, 0.1) is 33.6 Å². The van der Waals surface area contributed by atoms with Gasteiger partial charge in [-0.2, -0.15) is 4.99 Å². The largest absolute Gasteiger partial charge is 0.468 e. The summed E-state index contributed by atoms with van der Waals surface area (Å²) in [5.41, 5.74) is 0.519. The van der Waals surface area contributed by atoms with E-state index in [-0.39, 0.29) is 17.3 Å². The molecule has 0 aliphatic heterocycles. The summed E-state index contributed by atoms with van der Waals surface area (Å²) in [4.78, 5) is 28.2. The van der Waals surface area contributed by atoms with Gasteiger partial charge in [0.1, 0.15) is 6.54 Å². The molecule has 1 aromatic carbocycles. The van der Waals surface area contributed by atoms with E-state index in [1.165, 1.54) is 35.3 Å². The van der Waals surface area contributed by atoms with Crippen LogP contribution in [-0.4, -0.2) is 23.6 Å². The lowest BCUT2D eigenvalue weighted by Crippen LogP contribution is -2.22. The van der Waals surface area contributed by atoms with Crippen molar-refractivity contribution >= 4 is 56.6 Å². The first kappa shape index (κ1) is 16.8. The Morgan fingerprint density at radius 1 is 1.33 bits per heavy atom. The number of benzene rings is 1. The number of aromatic nitrogens is 1. The highest BCUT2D eigenvalue weighted by molar-refractivity contribution is 7.16. The molecule has 124 valence electrons. The van der Waals surface area contributed by atoms with Gasteiger partial charge < -0.3 is 13.7 Å². The number of furan rings is 1. The number of nitrogens with zero attached hydrogens (tertiary/aromatic N) is 2. The molecule has 0 N–H and O–H groups in total. The Balaban J connectivity index is 2.23. The minimum atomic E-state index is -0.563. The lowest BCUT2D eigenvalue weighted by Gasteiger charge is -2.05. The second-order valence-corrected chi connectivity index (χ2v) is 6.44. The van der Waals surface area contributed by atoms with Gasteiger partial charge in [0.25, 0.3) is 0 Å². The lowest BCUT2D eigenvalue weighted by molar-refractivity contribution is -0.141. The van der Waals surface area contributed by atoms with E-state index in [1.807, 2.05) is 0 Å². The first-order valence-electron chi connectivity index (χ1n) is 6.68. The maximum absolute atomic E-state index is 12.2. The number of carbonyl (C=O) groups is 2. The van der Waals surface area contributed by atoms with Crippen LogP contribution in [-0.2, 0) is 16.1 Å². The van der Waals surface area contributed by atoms with Crippen molar-refractivity contribution in [2.45, 2.75) is 6.54 Å². The van der Waals surface area contributed by atoms with Crippen LogP contribution in [0.15, 0.2) is 39.9 Å². The van der Waals surface area contributed by atoms with Crippen LogP contribution in [0.25, 0.3) is 10.2 Å². The summed E-state index contributed by atoms with van der Waals surface area (Å²) in [5.74, 6) is -0.966. The van der Waals surface area contributed by atoms with Gasteiger partial charge in [0.2, 0.25) is 0 Å². The molecule has 9 heteroatoms. The average molecular weight is 385 g/mol. The van der Waals surface area contributed by atoms with Crippen molar-refractivity contribution in [2.75, 3.05) is 7.11 Å². The Kier molecular flexibility index (Phi) is 4.75. The third kappa shape index (κ3) is 3.10. The quantitative estimate of drug-likeness (QED) is 0.647. The highest BCUT2D eigenvalue weighted by Crippen LogP contribution is 2.32. The molecule has 0 aliphatic rings. The molecule has 0 atom stereocenters. The molecular formula is C15H10Cl2N2O4S. The van der Waals surface area contributed by atoms with Crippen molar-refractivity contribution in [1.82, 2.24) is 4.57 Å². The van der Waals surface area contributed by atoms with E-state index in [4.69, 9.17) is 32.4 Å². The third-order valence-corrected chi connectivity index (χ3v) is 5.02. The van der Waals surface area contributed by atoms with E-state index in [9.17, 15) is 9.59 Å². The van der Waals surface area contributed by atoms with Gasteiger partial charge in [-0.15, -0.1) is 0 Å². The molecule has 0 saturated carbocycles. The summed E-state index contributed by atoms with van der Waals surface area (Å²) < 4.78 is 12.0. The van der Waals surface area contributed by atoms with Crippen LogP contribution >= 0.6 is 34.5 Å². The number of methoxy groups -OCH3 is 1. The van der Waals surface area contributed by atoms with Crippen molar-refractivity contribution < 1.29 is 18.7 Å². The minimum absolute atomic E-state index is 0.0983. The first-order valence-corrected chi connectivity index (χ1v) is 8.25. The van der Waals surface area contributed by atoms with Crippen LogP contribution in [0.5, 0.6) is 0 Å². The van der Waals surface area contributed by atoms with Gasteiger partial charge in [-0.25, -0.2) is 0 Å². The summed E-state index contributed by atoms with van der Waals surface area (Å²) in [5, 5.41) is 0.616. The number of hydrogen-bond acceptors (Lipinski definition) is 5. The van der Waals surface area contributed by atoms with E-state index in [0.29, 0.717) is 15.3 Å². The summed E-state index contributed by atoms with van der Waals surface area (Å²) in [7, 11) is 1.27. The number of ether oxygens (including phenoxy) is 1. The van der Waals surface area contributed by atoms with E-state index < -0.39 is 11.9 Å². The monoisotopic (exact) mass is 384 g/mol. The summed E-state index contributed by atoms with van der Waals surface area (Å²) in [6, 6.07) is 6.49. The van der Waals surface area contributed by atoms with Gasteiger partial charge in [-0.1, -0.05) is 34.5 Å². The second-order valence-electron chi connectivity index (χ2n) is 4.65. The SMILES string of the molecule is COC(=O)Cn1c(=NC(=O)c2ccco2)sc2ccc(Cl)c(Cl)c21. The Bertz CT molecular complexity index is 989. The molecule has 0 saturated heterocycles. The lowest BCUT2D eigenvalue weighted by atomic mass is 10.3. The molecule has 3 aromatic rings. The number of rotatable bonds is 3. The van der Waals surface area contributed by atoms with E-state index >= 15 is 0 Å². The third-order valence-electron chi connectivity index (χ3n) is 3.18. The van der Waals surface area contributed by atoms with Crippen LogP contribution in [0.2, 0.25) is 10.0 Å². The Labute approximate surface area is 149 Å². The Morgan fingerprint density at radius 2 is 2.12 bits per heavy atom. The molecule has 0 bridgehead atoms. The summed E-state index contributed by atoms with van der Waals surface area (Å²) in [6.45, 7) is -0.152. The molecule has 1 amide bonds. The van der Waals surface area contributed by atoms with E-state index in [2.05, 4.69) is 4.99 Å². The zero-order chi connectivity index (χ0) is 17.3. The Hall–Kier alpha value is -2.09. The fourth-order valence-electron chi connectivity index (χ4n) is 2.07. The van der Waals surface area contributed by atoms with Gasteiger partial charge in [0.15, 0.2) is 10.6 Å². The van der Waals surface area contributed by atoms with Crippen LogP contribution in [0.3, 0.4) is 0 Å². The van der Waals surface area contributed by atoms with Gasteiger partial charge in [0, 0.05) is 0 Å². The van der Waals surface area contributed by atoms with Crippen LogP contribution in [0.4, 0.5) is 0 Å². The summed E-state index contributed by atoms with van der Waals surface area (Å²) in [6.07, 6.45) is 1.38. The number of thiazole rings is 1. The highest BCUT2D eigenvalue weighted by Gasteiger charge is 2.17. The average Bonchev–Trinajstić information content (AvgIpc) is 3.20. The zero-order valence-electron chi connectivity index (χ0n) is 12.3. The van der Waals surface area contributed by atoms with E-state index in [1.54, 1.807) is 18.2 Å². The fraction of sp³-hybridized carbons (Fsp3) is 0.133. The molecule has 2 heterocycles. The standard InChI is InChI=1S/C15H10Cl2N2O4S/c1-22-11(20)7-19-13-10(5-4-8(16)12(13)17)24-15(19)18-14(21)9-3-2-6-23-9/h2-6H,7H2,1H3. The minimum Gasteiger partial charge on any atom is -0.468 e. The number of halogens is 2. The Morgan fingerprint density at radius 3 is 2.79 bits per heavy atom. The van der Waals surface area contributed by atoms with Crippen LogP contribution in [0.1, 0.15) is 10.6 Å². The van der Waals surface area contributed by atoms with Crippen LogP contribution < -0.4 is 4.80 Å². The fourth-order valence-corrected chi connectivity index (χ4v) is 3.58. The smallest absolute Gasteiger partial charge is 0.325 e. The highest BCUT2D eigenvalue weighted by atomic mass is 35.5. The summed E-state index contributed by atoms with van der Waals surface area (Å²) >= 11 is 13.5. The van der Waals surface area contributed by atoms with Crippen molar-refractivity contribution in [1.29, 1.82) is 0 Å². The normalized spacial score (nSPS) is 11.9. The molecule has 2 aromatic heterocycles. The molecule has 0 unspecified atom stereocenters. The molecule has 0 fully saturated rings. The van der Waals surface area contributed by atoms with E-state index in [0.717, 1.165) is 4.70 Å². The molecule has 0 radical (unpaired) electrons. The molecule has 0 spiro atoms. The van der Waals surface area contributed by atoms with Gasteiger partial charge in [-0.05, 0) is 24.3 Å². The van der Waals surface area contributed by atoms with Crippen molar-refractivity contribution in [2.24, 2.45) is 4.99 Å². The van der Waals surface area contributed by atoms with Crippen molar-refractivity contribution in [3.05, 3.63) is 51.1 Å². The van der Waals surface area contributed by atoms with Crippen molar-refractivity contribution in [3.63, 3.8) is 0 Å². The maximum Gasteiger partial charge on any atom is 0.325 e. The van der Waals surface area contributed by atoms with Gasteiger partial charge >= 0.3 is 11.9 Å². The second kappa shape index (κ2) is 6.80. The molecule has 24 heavy (non-hydrogen) atoms. The number of carbonyl (C=O) groups excluding carboxylic acids is 2. The topological polar surface area (TPSA) is 73.8 Å². The number of amides is 1. The predicted octanol–water partition coefficient (Wildman–Crippen LogP) is 3.52. The molecule has 3 rings (SSSR count). The predicted molar refractivity (Wildman–Crippen MR) is 90.5 cm³/mol. The number of fused-ring (bicyclic) bond motifs is 1. The van der Waals surface area contributed by atoms with Crippen molar-refractivity contribution in [3.8, 4) is 0 Å². The number of esters is 1. The first-order chi connectivity index (χ1) is 11.5. The van der Waals surface area contributed by atoms with Gasteiger partial charge in [-0.3, -0.25) is 9.59 Å².